The molecule has 1 fully saturated rings. The molecule has 1 saturated heterocycles. The lowest BCUT2D eigenvalue weighted by Gasteiger charge is -2.40. The number of carboxylic acids is 1. The summed E-state index contributed by atoms with van der Waals surface area (Å²) in [4.78, 5) is 51.5. The van der Waals surface area contributed by atoms with Gasteiger partial charge in [0.15, 0.2) is 24.6 Å². The molecule has 498 valence electrons. The van der Waals surface area contributed by atoms with Crippen LogP contribution in [0.2, 0.25) is 0 Å². The molecule has 87 heavy (non-hydrogen) atoms. The first-order valence-electron chi connectivity index (χ1n) is 35.2. The van der Waals surface area contributed by atoms with Gasteiger partial charge in [0.1, 0.15) is 18.8 Å². The topological polar surface area (TPSA) is 175 Å². The van der Waals surface area contributed by atoms with Gasteiger partial charge in [0.2, 0.25) is 0 Å². The Balaban J connectivity index is 2.67. The molecule has 12 nitrogen and oxygen atoms in total. The molecule has 1 aliphatic rings. The molecule has 0 aromatic carbocycles. The fraction of sp³-hybridized carbons (Fsp3) is 0.733. The zero-order chi connectivity index (χ0) is 63.1. The van der Waals surface area contributed by atoms with Crippen LogP contribution < -0.4 is 0 Å². The Morgan fingerprint density at radius 3 is 1.14 bits per heavy atom. The molecule has 0 aromatic heterocycles. The van der Waals surface area contributed by atoms with E-state index in [4.69, 9.17) is 23.7 Å². The predicted octanol–water partition coefficient (Wildman–Crippen LogP) is 19.6. The number of unbranched alkanes of at least 4 members (excludes halogenated alkanes) is 30. The largest absolute Gasteiger partial charge is 0.479 e. The van der Waals surface area contributed by atoms with E-state index < -0.39 is 67.3 Å². The zero-order valence-electron chi connectivity index (χ0n) is 55.2. The van der Waals surface area contributed by atoms with Gasteiger partial charge in [-0.3, -0.25) is 14.4 Å². The first-order chi connectivity index (χ1) is 42.6. The van der Waals surface area contributed by atoms with E-state index in [-0.39, 0.29) is 25.9 Å². The van der Waals surface area contributed by atoms with Gasteiger partial charge in [-0.2, -0.15) is 0 Å². The summed E-state index contributed by atoms with van der Waals surface area (Å²) in [5.41, 5.74) is 0. The number of aliphatic hydroxyl groups excluding tert-OH is 2. The fourth-order valence-electron chi connectivity index (χ4n) is 10.3. The fourth-order valence-corrected chi connectivity index (χ4v) is 10.3. The van der Waals surface area contributed by atoms with Gasteiger partial charge in [-0.1, -0.05) is 279 Å². The summed E-state index contributed by atoms with van der Waals surface area (Å²) in [6, 6.07) is 0. The molecule has 0 saturated carbocycles. The monoisotopic (exact) mass is 1220 g/mol. The maximum Gasteiger partial charge on any atom is 0.335 e. The van der Waals surface area contributed by atoms with Crippen molar-refractivity contribution >= 4 is 23.9 Å². The van der Waals surface area contributed by atoms with Crippen molar-refractivity contribution < 1.29 is 58.2 Å². The Morgan fingerprint density at radius 1 is 0.391 bits per heavy atom. The molecule has 6 atom stereocenters. The van der Waals surface area contributed by atoms with Crippen LogP contribution in [0.3, 0.4) is 0 Å². The van der Waals surface area contributed by atoms with Crippen molar-refractivity contribution in [2.24, 2.45) is 0 Å². The Kier molecular flexibility index (Phi) is 57.3. The molecule has 0 aliphatic carbocycles. The van der Waals surface area contributed by atoms with Crippen molar-refractivity contribution in [1.29, 1.82) is 0 Å². The third-order valence-electron chi connectivity index (χ3n) is 15.6. The van der Waals surface area contributed by atoms with Crippen LogP contribution in [0.5, 0.6) is 0 Å². The summed E-state index contributed by atoms with van der Waals surface area (Å²) in [6.45, 7) is 5.86. The highest BCUT2D eigenvalue weighted by molar-refractivity contribution is 5.74. The smallest absolute Gasteiger partial charge is 0.335 e. The van der Waals surface area contributed by atoms with E-state index in [0.29, 0.717) is 19.3 Å². The second-order valence-corrected chi connectivity index (χ2v) is 23.8. The van der Waals surface area contributed by atoms with Crippen molar-refractivity contribution in [2.75, 3.05) is 13.2 Å². The standard InChI is InChI=1S/C75H126O12/c1-4-7-10-13-16-19-22-25-28-31-34-37-40-43-46-49-52-55-58-61-67(76)83-64-66(85-68(77)62-59-56-53-50-47-44-41-38-35-32-29-26-23-20-17-14-11-8-5-2)65-84-75-73(71(80)70(79)72(87-75)74(81)82)86-69(78)63-60-57-54-51-48-45-42-39-36-33-30-27-24-21-18-15-12-9-6-3/h7,10,16-17,19-20,25-26,28-29,34-35,37-38,43,46,66,70-73,75,79-80H,4-6,8-9,11-15,18,21-24,27,30-33,36,39-42,44-45,47-65H2,1-3H3,(H,81,82)/b10-7-,19-16-,20-17-,28-25-,29-26-,37-34-,38-35-,46-43-. The van der Waals surface area contributed by atoms with Crippen molar-refractivity contribution in [3.05, 3.63) is 97.2 Å². The molecule has 1 heterocycles. The van der Waals surface area contributed by atoms with Crippen molar-refractivity contribution in [1.82, 2.24) is 0 Å². The quantitative estimate of drug-likeness (QED) is 0.0228. The summed E-state index contributed by atoms with van der Waals surface area (Å²) in [7, 11) is 0. The van der Waals surface area contributed by atoms with Crippen molar-refractivity contribution in [2.45, 2.75) is 340 Å². The molecule has 6 unspecified atom stereocenters. The molecule has 12 heteroatoms. The Hall–Kier alpha value is -4.36. The molecule has 0 radical (unpaired) electrons. The number of carbonyl (C=O) groups excluding carboxylic acids is 3. The van der Waals surface area contributed by atoms with Crippen LogP contribution in [0.4, 0.5) is 0 Å². The Morgan fingerprint density at radius 2 is 0.724 bits per heavy atom. The lowest BCUT2D eigenvalue weighted by Crippen LogP contribution is -2.61. The van der Waals surface area contributed by atoms with Gasteiger partial charge < -0.3 is 39.0 Å². The molecule has 3 N–H and O–H groups in total. The minimum atomic E-state index is -1.91. The number of rotatable bonds is 60. The zero-order valence-corrected chi connectivity index (χ0v) is 55.2. The van der Waals surface area contributed by atoms with E-state index in [1.807, 2.05) is 0 Å². The first-order valence-corrected chi connectivity index (χ1v) is 35.2. The number of allylic oxidation sites excluding steroid dienone is 16. The number of esters is 3. The maximum atomic E-state index is 13.2. The average molecular weight is 1220 g/mol. The van der Waals surface area contributed by atoms with Crippen molar-refractivity contribution in [3.8, 4) is 0 Å². The van der Waals surface area contributed by atoms with Crippen LogP contribution in [-0.2, 0) is 42.9 Å². The minimum absolute atomic E-state index is 0.0557. The lowest BCUT2D eigenvalue weighted by atomic mass is 9.98. The Labute approximate surface area is 530 Å². The van der Waals surface area contributed by atoms with E-state index in [2.05, 4.69) is 118 Å². The normalized spacial score (nSPS) is 17.9. The number of carboxylic acid groups (broad SMARTS) is 1. The molecule has 0 spiro atoms. The third-order valence-corrected chi connectivity index (χ3v) is 15.6. The highest BCUT2D eigenvalue weighted by Gasteiger charge is 2.50. The second-order valence-electron chi connectivity index (χ2n) is 23.8. The molecule has 1 rings (SSSR count). The average Bonchev–Trinajstić information content (AvgIpc) is 2.56. The van der Waals surface area contributed by atoms with Crippen LogP contribution in [-0.4, -0.2) is 89.2 Å². The second kappa shape index (κ2) is 61.9. The number of ether oxygens (including phenoxy) is 5. The van der Waals surface area contributed by atoms with Crippen LogP contribution in [0, 0.1) is 0 Å². The van der Waals surface area contributed by atoms with Crippen molar-refractivity contribution in [3.63, 3.8) is 0 Å². The summed E-state index contributed by atoms with van der Waals surface area (Å²) in [5, 5.41) is 31.7. The summed E-state index contributed by atoms with van der Waals surface area (Å²) in [5.74, 6) is -3.17. The van der Waals surface area contributed by atoms with Crippen LogP contribution in [0.25, 0.3) is 0 Å². The summed E-state index contributed by atoms with van der Waals surface area (Å²) in [6.07, 6.45) is 70.7. The number of aliphatic hydroxyl groups is 2. The molecule has 0 aromatic rings. The summed E-state index contributed by atoms with van der Waals surface area (Å²) < 4.78 is 28.6. The predicted molar refractivity (Wildman–Crippen MR) is 358 cm³/mol. The van der Waals surface area contributed by atoms with E-state index in [1.165, 1.54) is 116 Å². The van der Waals surface area contributed by atoms with Gasteiger partial charge in [0, 0.05) is 19.3 Å². The molecule has 0 bridgehead atoms. The number of hydrogen-bond acceptors (Lipinski definition) is 11. The molecule has 0 amide bonds. The van der Waals surface area contributed by atoms with Gasteiger partial charge in [-0.15, -0.1) is 0 Å². The van der Waals surface area contributed by atoms with Gasteiger partial charge in [0.25, 0.3) is 0 Å². The Bertz CT molecular complexity index is 1880. The third kappa shape index (κ3) is 51.1. The number of carbonyl (C=O) groups is 4. The number of hydrogen-bond donors (Lipinski definition) is 3. The maximum absolute atomic E-state index is 13.2. The van der Waals surface area contributed by atoms with Crippen LogP contribution in [0.15, 0.2) is 97.2 Å². The molecule has 1 aliphatic heterocycles. The van der Waals surface area contributed by atoms with E-state index in [0.717, 1.165) is 128 Å². The van der Waals surface area contributed by atoms with Crippen LogP contribution in [0.1, 0.15) is 303 Å². The SMILES string of the molecule is CC/C=C\C/C=C\C/C=C\C/C=C\C/C=C\CCCCCC(=O)OCC(COC1OC(C(=O)O)C(O)C(O)C1OC(=O)CCCCCCCCCCCCCCCCCCCCC)OC(=O)CCCCCCCC/C=C\C/C=C\C/C=C\CCCCC. The van der Waals surface area contributed by atoms with Gasteiger partial charge >= 0.3 is 23.9 Å². The lowest BCUT2D eigenvalue weighted by molar-refractivity contribution is -0.301. The minimum Gasteiger partial charge on any atom is -0.479 e. The van der Waals surface area contributed by atoms with Crippen LogP contribution >= 0.6 is 0 Å². The molecular weight excluding hydrogens is 1090 g/mol. The highest BCUT2D eigenvalue weighted by atomic mass is 16.7. The first kappa shape index (κ1) is 80.7. The molecular formula is C75H126O12. The van der Waals surface area contributed by atoms with Gasteiger partial charge in [-0.25, -0.2) is 4.79 Å². The summed E-state index contributed by atoms with van der Waals surface area (Å²) >= 11 is 0. The van der Waals surface area contributed by atoms with E-state index >= 15 is 0 Å². The highest BCUT2D eigenvalue weighted by Crippen LogP contribution is 2.27. The van der Waals surface area contributed by atoms with E-state index in [9.17, 15) is 34.5 Å². The van der Waals surface area contributed by atoms with Gasteiger partial charge in [-0.05, 0) is 103 Å². The van der Waals surface area contributed by atoms with E-state index in [1.54, 1.807) is 0 Å². The van der Waals surface area contributed by atoms with Gasteiger partial charge in [0.05, 0.1) is 6.61 Å². The number of aliphatic carboxylic acids is 1.